The highest BCUT2D eigenvalue weighted by molar-refractivity contribution is 7.04. The predicted molar refractivity (Wildman–Crippen MR) is 242 cm³/mol. The van der Waals surface area contributed by atoms with Crippen LogP contribution in [0.5, 0.6) is 0 Å². The molecule has 2 heterocycles. The molecule has 9 aromatic rings. The summed E-state index contributed by atoms with van der Waals surface area (Å²) in [5.41, 5.74) is 17.3. The van der Waals surface area contributed by atoms with Gasteiger partial charge in [-0.05, 0) is 102 Å². The summed E-state index contributed by atoms with van der Waals surface area (Å²) in [4.78, 5) is 11.0. The minimum Gasteiger partial charge on any atom is -0.228 e. The Kier molecular flexibility index (Phi) is 8.66. The highest BCUT2D eigenvalue weighted by atomic mass is 28.3. The molecule has 0 bridgehead atoms. The Hall–Kier alpha value is -6.94. The molecule has 270 valence electrons. The normalized spacial score (nSPS) is 12.5. The van der Waals surface area contributed by atoms with Crippen molar-refractivity contribution in [2.24, 2.45) is 0 Å². The van der Waals surface area contributed by atoms with Crippen LogP contribution in [0.3, 0.4) is 0 Å². The van der Waals surface area contributed by atoms with Crippen LogP contribution < -0.4 is 10.4 Å². The van der Waals surface area contributed by atoms with E-state index in [2.05, 4.69) is 219 Å². The molecule has 3 heteroatoms. The Morgan fingerprint density at radius 2 is 0.667 bits per heavy atom. The van der Waals surface area contributed by atoms with E-state index in [1.54, 1.807) is 0 Å². The quantitative estimate of drug-likeness (QED) is 0.152. The van der Waals surface area contributed by atoms with Crippen LogP contribution in [0, 0.1) is 0 Å². The van der Waals surface area contributed by atoms with Crippen molar-refractivity contribution >= 4 is 18.4 Å². The standard InChI is InChI=1S/C54H40N2Si/c1-57(2)50-27-13-12-26-49(50)52-53(57)51(48-35-46(38-18-8-4-9-19-38)34-47(36-48)39-20-10-5-11-21-39)55-54(56-52)45-25-15-24-44(33-45)41-30-28-40(29-31-41)43-23-14-22-42(32-43)37-16-6-3-7-17-37/h3-36H,1-2H3. The molecule has 1 aliphatic rings. The van der Waals surface area contributed by atoms with Crippen LogP contribution in [-0.2, 0) is 0 Å². The predicted octanol–water partition coefficient (Wildman–Crippen LogP) is 12.9. The molecule has 1 aliphatic heterocycles. The minimum atomic E-state index is -2.17. The fourth-order valence-electron chi connectivity index (χ4n) is 8.52. The van der Waals surface area contributed by atoms with Crippen LogP contribution in [0.25, 0.3) is 89.5 Å². The molecule has 0 spiro atoms. The van der Waals surface area contributed by atoms with Gasteiger partial charge < -0.3 is 0 Å². The van der Waals surface area contributed by atoms with E-state index in [1.807, 2.05) is 0 Å². The van der Waals surface area contributed by atoms with Gasteiger partial charge in [-0.1, -0.05) is 189 Å². The van der Waals surface area contributed by atoms with Gasteiger partial charge in [0.2, 0.25) is 0 Å². The molecule has 57 heavy (non-hydrogen) atoms. The maximum Gasteiger partial charge on any atom is 0.160 e. The third-order valence-electron chi connectivity index (χ3n) is 11.5. The van der Waals surface area contributed by atoms with Crippen molar-refractivity contribution in [2.45, 2.75) is 13.1 Å². The molecule has 0 fully saturated rings. The second-order valence-electron chi connectivity index (χ2n) is 15.4. The van der Waals surface area contributed by atoms with E-state index in [4.69, 9.17) is 9.97 Å². The van der Waals surface area contributed by atoms with Gasteiger partial charge in [-0.15, -0.1) is 0 Å². The summed E-state index contributed by atoms with van der Waals surface area (Å²) >= 11 is 0. The van der Waals surface area contributed by atoms with Gasteiger partial charge in [-0.3, -0.25) is 0 Å². The van der Waals surface area contributed by atoms with Gasteiger partial charge in [-0.2, -0.15) is 0 Å². The fourth-order valence-corrected chi connectivity index (χ4v) is 11.7. The molecular weight excluding hydrogens is 705 g/mol. The molecule has 0 saturated heterocycles. The van der Waals surface area contributed by atoms with Crippen molar-refractivity contribution in [1.82, 2.24) is 9.97 Å². The second-order valence-corrected chi connectivity index (χ2v) is 19.7. The SMILES string of the molecule is C[Si]1(C)c2ccccc2-c2nc(-c3cccc(-c4ccc(-c5cccc(-c6ccccc6)c5)cc4)c3)nc(-c3cc(-c4ccccc4)cc(-c4ccccc4)c3)c21. The highest BCUT2D eigenvalue weighted by Crippen LogP contribution is 2.38. The van der Waals surface area contributed by atoms with Crippen LogP contribution in [0.2, 0.25) is 13.1 Å². The third kappa shape index (κ3) is 6.42. The van der Waals surface area contributed by atoms with Crippen molar-refractivity contribution in [3.05, 3.63) is 206 Å². The number of benzene rings is 8. The summed E-state index contributed by atoms with van der Waals surface area (Å²) in [5.74, 6) is 0.743. The first-order chi connectivity index (χ1) is 28.0. The average Bonchev–Trinajstić information content (AvgIpc) is 3.52. The Balaban J connectivity index is 1.10. The van der Waals surface area contributed by atoms with Crippen molar-refractivity contribution < 1.29 is 0 Å². The number of hydrogen-bond donors (Lipinski definition) is 0. The smallest absolute Gasteiger partial charge is 0.160 e. The molecular formula is C54H40N2Si. The zero-order chi connectivity index (χ0) is 38.3. The molecule has 8 aromatic carbocycles. The number of aromatic nitrogens is 2. The lowest BCUT2D eigenvalue weighted by Crippen LogP contribution is -2.50. The monoisotopic (exact) mass is 744 g/mol. The average molecular weight is 745 g/mol. The van der Waals surface area contributed by atoms with Crippen molar-refractivity contribution in [1.29, 1.82) is 0 Å². The van der Waals surface area contributed by atoms with Gasteiger partial charge in [0.05, 0.1) is 11.4 Å². The summed E-state index contributed by atoms with van der Waals surface area (Å²) in [5, 5.41) is 2.72. The van der Waals surface area contributed by atoms with E-state index in [0.29, 0.717) is 0 Å². The van der Waals surface area contributed by atoms with Crippen molar-refractivity contribution in [2.75, 3.05) is 0 Å². The first-order valence-corrected chi connectivity index (χ1v) is 22.6. The first-order valence-electron chi connectivity index (χ1n) is 19.6. The largest absolute Gasteiger partial charge is 0.228 e. The number of nitrogens with zero attached hydrogens (tertiary/aromatic N) is 2. The van der Waals surface area contributed by atoms with Crippen molar-refractivity contribution in [3.63, 3.8) is 0 Å². The number of hydrogen-bond acceptors (Lipinski definition) is 2. The maximum atomic E-state index is 5.58. The van der Waals surface area contributed by atoms with Gasteiger partial charge in [-0.25, -0.2) is 9.97 Å². The molecule has 0 unspecified atom stereocenters. The molecule has 2 nitrogen and oxygen atoms in total. The Bertz CT molecular complexity index is 2840. The maximum absolute atomic E-state index is 5.58. The number of rotatable bonds is 7. The third-order valence-corrected chi connectivity index (χ3v) is 15.0. The van der Waals surface area contributed by atoms with E-state index >= 15 is 0 Å². The Morgan fingerprint density at radius 1 is 0.298 bits per heavy atom. The van der Waals surface area contributed by atoms with Gasteiger partial charge in [0.25, 0.3) is 0 Å². The highest BCUT2D eigenvalue weighted by Gasteiger charge is 2.41. The second kappa shape index (κ2) is 14.3. The molecule has 0 atom stereocenters. The number of fused-ring (bicyclic) bond motifs is 3. The molecule has 10 rings (SSSR count). The van der Waals surface area contributed by atoms with E-state index in [-0.39, 0.29) is 0 Å². The van der Waals surface area contributed by atoms with Crippen LogP contribution in [0.4, 0.5) is 0 Å². The molecule has 0 aliphatic carbocycles. The Labute approximate surface area is 335 Å². The topological polar surface area (TPSA) is 25.8 Å². The first kappa shape index (κ1) is 34.5. The summed E-state index contributed by atoms with van der Waals surface area (Å²) < 4.78 is 0. The van der Waals surface area contributed by atoms with Gasteiger partial charge in [0.15, 0.2) is 5.82 Å². The van der Waals surface area contributed by atoms with Crippen LogP contribution in [0.1, 0.15) is 0 Å². The van der Waals surface area contributed by atoms with Gasteiger partial charge in [0, 0.05) is 11.1 Å². The zero-order valence-electron chi connectivity index (χ0n) is 32.0. The molecule has 0 radical (unpaired) electrons. The lowest BCUT2D eigenvalue weighted by Gasteiger charge is -2.22. The van der Waals surface area contributed by atoms with E-state index in [9.17, 15) is 0 Å². The van der Waals surface area contributed by atoms with Crippen LogP contribution in [-0.4, -0.2) is 18.0 Å². The van der Waals surface area contributed by atoms with Crippen LogP contribution in [0.15, 0.2) is 206 Å². The summed E-state index contributed by atoms with van der Waals surface area (Å²) in [6, 6.07) is 74.2. The van der Waals surface area contributed by atoms with E-state index in [1.165, 1.54) is 60.4 Å². The fraction of sp³-hybridized carbons (Fsp3) is 0.0370. The zero-order valence-corrected chi connectivity index (χ0v) is 33.0. The van der Waals surface area contributed by atoms with Gasteiger partial charge in [0.1, 0.15) is 8.07 Å². The molecule has 0 saturated carbocycles. The van der Waals surface area contributed by atoms with E-state index in [0.717, 1.165) is 39.5 Å². The minimum absolute atomic E-state index is 0.743. The lowest BCUT2D eigenvalue weighted by molar-refractivity contribution is 1.20. The van der Waals surface area contributed by atoms with Gasteiger partial charge >= 0.3 is 0 Å². The summed E-state index contributed by atoms with van der Waals surface area (Å²) in [6.07, 6.45) is 0. The summed E-state index contributed by atoms with van der Waals surface area (Å²) in [7, 11) is -2.17. The van der Waals surface area contributed by atoms with Crippen LogP contribution >= 0.6 is 0 Å². The van der Waals surface area contributed by atoms with E-state index < -0.39 is 8.07 Å². The lowest BCUT2D eigenvalue weighted by atomic mass is 9.94. The Morgan fingerprint density at radius 3 is 1.21 bits per heavy atom. The van der Waals surface area contributed by atoms with Crippen molar-refractivity contribution in [3.8, 4) is 89.5 Å². The summed E-state index contributed by atoms with van der Waals surface area (Å²) in [6.45, 7) is 4.90. The molecule has 0 N–H and O–H groups in total. The molecule has 1 aromatic heterocycles. The molecule has 0 amide bonds.